The molecule has 0 bridgehead atoms. The van der Waals surface area contributed by atoms with E-state index in [1.807, 2.05) is 13.8 Å². The van der Waals surface area contributed by atoms with Crippen LogP contribution in [0.3, 0.4) is 0 Å². The predicted octanol–water partition coefficient (Wildman–Crippen LogP) is 4.58. The lowest BCUT2D eigenvalue weighted by Crippen LogP contribution is -2.42. The molecular weight excluding hydrogens is 397 g/mol. The molecule has 30 heavy (non-hydrogen) atoms. The molecule has 3 aromatic rings. The quantitative estimate of drug-likeness (QED) is 0.625. The Morgan fingerprint density at radius 2 is 1.93 bits per heavy atom. The van der Waals surface area contributed by atoms with Gasteiger partial charge in [0, 0.05) is 30.1 Å². The summed E-state index contributed by atoms with van der Waals surface area (Å²) in [5, 5.41) is 4.37. The van der Waals surface area contributed by atoms with Gasteiger partial charge in [0.2, 0.25) is 5.88 Å². The van der Waals surface area contributed by atoms with Crippen LogP contribution in [0.4, 0.5) is 18.9 Å². The molecular formula is C21H19F3N4O2. The second-order valence-corrected chi connectivity index (χ2v) is 6.98. The highest BCUT2D eigenvalue weighted by molar-refractivity contribution is 6.09. The van der Waals surface area contributed by atoms with Crippen LogP contribution in [0.5, 0.6) is 5.88 Å². The Hall–Kier alpha value is -3.36. The molecule has 0 N–H and O–H groups in total. The van der Waals surface area contributed by atoms with Crippen molar-refractivity contribution in [2.75, 3.05) is 18.1 Å². The number of hydrogen-bond acceptors (Lipinski definition) is 4. The minimum absolute atomic E-state index is 0.151. The molecule has 9 heteroatoms. The molecule has 1 aliphatic heterocycles. The van der Waals surface area contributed by atoms with Gasteiger partial charge in [0.1, 0.15) is 5.69 Å². The molecule has 0 saturated heterocycles. The molecule has 1 atom stereocenters. The van der Waals surface area contributed by atoms with Crippen molar-refractivity contribution in [1.82, 2.24) is 14.8 Å². The first kappa shape index (κ1) is 19.9. The highest BCUT2D eigenvalue weighted by Crippen LogP contribution is 2.35. The lowest BCUT2D eigenvalue weighted by molar-refractivity contribution is -0.137. The molecule has 2 aromatic heterocycles. The van der Waals surface area contributed by atoms with E-state index >= 15 is 0 Å². The number of hydrogen-bond donors (Lipinski definition) is 0. The first-order valence-corrected chi connectivity index (χ1v) is 9.45. The molecule has 3 heterocycles. The number of pyridine rings is 1. The smallest absolute Gasteiger partial charge is 0.416 e. The van der Waals surface area contributed by atoms with Crippen molar-refractivity contribution in [1.29, 1.82) is 0 Å². The molecule has 4 rings (SSSR count). The second-order valence-electron chi connectivity index (χ2n) is 6.98. The zero-order chi connectivity index (χ0) is 21.5. The lowest BCUT2D eigenvalue weighted by atomic mass is 10.0. The molecule has 156 valence electrons. The SMILES string of the molecule is CCOc1cc(-c2cnn3c2C(=O)N(c2ccc(C(F)(F)F)cc2)C[C@@H]3C)ccn1. The van der Waals surface area contributed by atoms with Crippen LogP contribution in [-0.2, 0) is 6.18 Å². The standard InChI is InChI=1S/C21H19F3N4O2/c1-3-30-18-10-14(8-9-25-18)17-11-26-28-13(2)12-27(20(29)19(17)28)16-6-4-15(5-7-16)21(22,23)24/h4-11,13H,3,12H2,1-2H3/t13-/m0/s1. The van der Waals surface area contributed by atoms with Gasteiger partial charge in [0.25, 0.3) is 5.91 Å². The van der Waals surface area contributed by atoms with Gasteiger partial charge >= 0.3 is 6.18 Å². The zero-order valence-corrected chi connectivity index (χ0v) is 16.3. The van der Waals surface area contributed by atoms with Crippen LogP contribution in [0.25, 0.3) is 11.1 Å². The molecule has 0 saturated carbocycles. The van der Waals surface area contributed by atoms with Gasteiger partial charge in [-0.3, -0.25) is 9.48 Å². The number of benzene rings is 1. The number of fused-ring (bicyclic) bond motifs is 1. The monoisotopic (exact) mass is 416 g/mol. The van der Waals surface area contributed by atoms with E-state index in [0.717, 1.165) is 17.7 Å². The summed E-state index contributed by atoms with van der Waals surface area (Å²) in [5.74, 6) is 0.112. The van der Waals surface area contributed by atoms with Gasteiger partial charge in [0.15, 0.2) is 0 Å². The minimum Gasteiger partial charge on any atom is -0.478 e. The number of alkyl halides is 3. The third-order valence-corrected chi connectivity index (χ3v) is 4.95. The Bertz CT molecular complexity index is 1080. The van der Waals surface area contributed by atoms with E-state index in [9.17, 15) is 18.0 Å². The van der Waals surface area contributed by atoms with Gasteiger partial charge in [0.05, 0.1) is 24.4 Å². The third-order valence-electron chi connectivity index (χ3n) is 4.95. The number of halogens is 3. The summed E-state index contributed by atoms with van der Waals surface area (Å²) >= 11 is 0. The van der Waals surface area contributed by atoms with Crippen LogP contribution in [0, 0.1) is 0 Å². The van der Waals surface area contributed by atoms with Crippen LogP contribution in [0.2, 0.25) is 0 Å². The fraction of sp³-hybridized carbons (Fsp3) is 0.286. The van der Waals surface area contributed by atoms with Crippen LogP contribution in [0.15, 0.2) is 48.8 Å². The van der Waals surface area contributed by atoms with E-state index in [2.05, 4.69) is 10.1 Å². The number of rotatable bonds is 4. The summed E-state index contributed by atoms with van der Waals surface area (Å²) in [6.07, 6.45) is -1.22. The number of anilines is 1. The molecule has 1 aliphatic rings. The van der Waals surface area contributed by atoms with Crippen molar-refractivity contribution in [2.45, 2.75) is 26.1 Å². The summed E-state index contributed by atoms with van der Waals surface area (Å²) in [6, 6.07) is 7.94. The molecule has 6 nitrogen and oxygen atoms in total. The lowest BCUT2D eigenvalue weighted by Gasteiger charge is -2.32. The Morgan fingerprint density at radius 1 is 1.20 bits per heavy atom. The van der Waals surface area contributed by atoms with Gasteiger partial charge in [-0.15, -0.1) is 0 Å². The largest absolute Gasteiger partial charge is 0.478 e. The normalized spacial score (nSPS) is 16.5. The van der Waals surface area contributed by atoms with Gasteiger partial charge in [-0.25, -0.2) is 4.98 Å². The number of nitrogens with zero attached hydrogens (tertiary/aromatic N) is 4. The van der Waals surface area contributed by atoms with E-state index in [1.54, 1.807) is 29.2 Å². The fourth-order valence-corrected chi connectivity index (χ4v) is 3.53. The van der Waals surface area contributed by atoms with Crippen LogP contribution in [0.1, 0.15) is 35.9 Å². The first-order chi connectivity index (χ1) is 14.3. The van der Waals surface area contributed by atoms with Crippen molar-refractivity contribution >= 4 is 11.6 Å². The maximum absolute atomic E-state index is 13.3. The third kappa shape index (κ3) is 3.51. The van der Waals surface area contributed by atoms with Gasteiger partial charge in [-0.2, -0.15) is 18.3 Å². The van der Waals surface area contributed by atoms with E-state index in [4.69, 9.17) is 4.74 Å². The molecule has 1 amide bonds. The van der Waals surface area contributed by atoms with Gasteiger partial charge in [-0.05, 0) is 49.7 Å². The van der Waals surface area contributed by atoms with Crippen LogP contribution < -0.4 is 9.64 Å². The highest BCUT2D eigenvalue weighted by Gasteiger charge is 2.35. The Labute approximate surface area is 170 Å². The summed E-state index contributed by atoms with van der Waals surface area (Å²) in [4.78, 5) is 18.9. The van der Waals surface area contributed by atoms with Crippen LogP contribution in [-0.4, -0.2) is 33.8 Å². The molecule has 0 fully saturated rings. The average molecular weight is 416 g/mol. The van der Waals surface area contributed by atoms with Crippen molar-refractivity contribution in [3.8, 4) is 17.0 Å². The summed E-state index contributed by atoms with van der Waals surface area (Å²) in [7, 11) is 0. The molecule has 1 aromatic carbocycles. The van der Waals surface area contributed by atoms with Crippen molar-refractivity contribution in [3.05, 3.63) is 60.0 Å². The fourth-order valence-electron chi connectivity index (χ4n) is 3.53. The number of carbonyl (C=O) groups excluding carboxylic acids is 1. The van der Waals surface area contributed by atoms with Crippen molar-refractivity contribution in [2.24, 2.45) is 0 Å². The van der Waals surface area contributed by atoms with Crippen LogP contribution >= 0.6 is 0 Å². The van der Waals surface area contributed by atoms with E-state index < -0.39 is 11.7 Å². The summed E-state index contributed by atoms with van der Waals surface area (Å²) in [5.41, 5.74) is 1.37. The second kappa shape index (κ2) is 7.47. The maximum Gasteiger partial charge on any atom is 0.416 e. The predicted molar refractivity (Wildman–Crippen MR) is 104 cm³/mol. The molecule has 0 radical (unpaired) electrons. The minimum atomic E-state index is -4.43. The Morgan fingerprint density at radius 3 is 2.60 bits per heavy atom. The maximum atomic E-state index is 13.3. The Balaban J connectivity index is 1.72. The van der Waals surface area contributed by atoms with Gasteiger partial charge in [-0.1, -0.05) is 0 Å². The van der Waals surface area contributed by atoms with Crippen molar-refractivity contribution in [3.63, 3.8) is 0 Å². The summed E-state index contributed by atoms with van der Waals surface area (Å²) < 4.78 is 45.7. The first-order valence-electron chi connectivity index (χ1n) is 9.45. The van der Waals surface area contributed by atoms with E-state index in [1.165, 1.54) is 17.0 Å². The number of amides is 1. The van der Waals surface area contributed by atoms with Gasteiger partial charge < -0.3 is 9.64 Å². The molecule has 0 aliphatic carbocycles. The molecule has 0 unspecified atom stereocenters. The topological polar surface area (TPSA) is 60.3 Å². The number of carbonyl (C=O) groups is 1. The highest BCUT2D eigenvalue weighted by atomic mass is 19.4. The van der Waals surface area contributed by atoms with E-state index in [0.29, 0.717) is 36.0 Å². The summed E-state index contributed by atoms with van der Waals surface area (Å²) in [6.45, 7) is 4.52. The number of ether oxygens (including phenoxy) is 1. The Kier molecular flexibility index (Phi) is 4.97. The molecule has 0 spiro atoms. The average Bonchev–Trinajstić information content (AvgIpc) is 3.17. The van der Waals surface area contributed by atoms with E-state index in [-0.39, 0.29) is 11.9 Å². The van der Waals surface area contributed by atoms with Crippen molar-refractivity contribution < 1.29 is 22.7 Å². The zero-order valence-electron chi connectivity index (χ0n) is 16.3. The number of aromatic nitrogens is 3.